The van der Waals surface area contributed by atoms with Crippen molar-refractivity contribution in [2.45, 2.75) is 38.8 Å². The van der Waals surface area contributed by atoms with Crippen molar-refractivity contribution in [1.29, 1.82) is 0 Å². The molecular weight excluding hydrogens is 156 g/mol. The number of carbonyl (C=O) groups excluding carboxylic acids is 1. The van der Waals surface area contributed by atoms with Gasteiger partial charge in [-0.1, -0.05) is 0 Å². The molecule has 4 nitrogen and oxygen atoms in total. The van der Waals surface area contributed by atoms with E-state index in [2.05, 4.69) is 5.32 Å². The van der Waals surface area contributed by atoms with Crippen molar-refractivity contribution in [1.82, 2.24) is 5.32 Å². The fourth-order valence-electron chi connectivity index (χ4n) is 0.681. The molecule has 0 bridgehead atoms. The molecule has 0 aliphatic carbocycles. The van der Waals surface area contributed by atoms with Crippen LogP contribution < -0.4 is 11.1 Å². The van der Waals surface area contributed by atoms with Crippen LogP contribution in [-0.2, 0) is 4.79 Å². The average molecular weight is 174 g/mol. The highest BCUT2D eigenvalue weighted by molar-refractivity contribution is 5.83. The summed E-state index contributed by atoms with van der Waals surface area (Å²) >= 11 is 0. The Balaban J connectivity index is 3.69. The Morgan fingerprint density at radius 2 is 2.17 bits per heavy atom. The van der Waals surface area contributed by atoms with Gasteiger partial charge in [-0.15, -0.1) is 0 Å². The fraction of sp³-hybridized carbons (Fsp3) is 0.875. The second kappa shape index (κ2) is 4.42. The lowest BCUT2D eigenvalue weighted by Gasteiger charge is -2.22. The van der Waals surface area contributed by atoms with Crippen LogP contribution >= 0.6 is 0 Å². The highest BCUT2D eigenvalue weighted by Gasteiger charge is 2.23. The highest BCUT2D eigenvalue weighted by atomic mass is 16.3. The normalized spacial score (nSPS) is 14.3. The Hall–Kier alpha value is -0.610. The van der Waals surface area contributed by atoms with Crippen molar-refractivity contribution in [2.24, 2.45) is 5.73 Å². The largest absolute Gasteiger partial charge is 0.393 e. The molecule has 0 radical (unpaired) electrons. The van der Waals surface area contributed by atoms with Crippen LogP contribution in [0.4, 0.5) is 0 Å². The van der Waals surface area contributed by atoms with Gasteiger partial charge in [-0.25, -0.2) is 0 Å². The molecule has 1 amide bonds. The summed E-state index contributed by atoms with van der Waals surface area (Å²) in [5.41, 5.74) is 4.44. The van der Waals surface area contributed by atoms with Crippen LogP contribution in [0, 0.1) is 0 Å². The molecule has 0 aliphatic rings. The predicted octanol–water partition coefficient (Wildman–Crippen LogP) is -0.389. The maximum atomic E-state index is 10.8. The van der Waals surface area contributed by atoms with Gasteiger partial charge in [0.05, 0.1) is 11.6 Å². The summed E-state index contributed by atoms with van der Waals surface area (Å²) < 4.78 is 0. The van der Waals surface area contributed by atoms with E-state index < -0.39 is 5.54 Å². The number of aliphatic hydroxyl groups is 1. The van der Waals surface area contributed by atoms with Gasteiger partial charge in [0, 0.05) is 0 Å². The summed E-state index contributed by atoms with van der Waals surface area (Å²) in [7, 11) is 0. The Kier molecular flexibility index (Phi) is 4.20. The second-order valence-corrected chi connectivity index (χ2v) is 3.55. The highest BCUT2D eigenvalue weighted by Crippen LogP contribution is 2.00. The molecule has 12 heavy (non-hydrogen) atoms. The molecule has 0 saturated carbocycles. The first-order valence-electron chi connectivity index (χ1n) is 4.09. The molecule has 0 aromatic rings. The van der Waals surface area contributed by atoms with Gasteiger partial charge in [0.25, 0.3) is 0 Å². The molecule has 0 spiro atoms. The quantitative estimate of drug-likeness (QED) is 0.531. The second-order valence-electron chi connectivity index (χ2n) is 3.55. The predicted molar refractivity (Wildman–Crippen MR) is 47.6 cm³/mol. The van der Waals surface area contributed by atoms with Gasteiger partial charge in [-0.3, -0.25) is 4.79 Å². The molecule has 0 saturated heterocycles. The van der Waals surface area contributed by atoms with Gasteiger partial charge in [-0.05, 0) is 33.7 Å². The lowest BCUT2D eigenvalue weighted by molar-refractivity contribution is -0.123. The molecule has 0 aliphatic heterocycles. The topological polar surface area (TPSA) is 75.3 Å². The molecule has 0 rings (SSSR count). The zero-order chi connectivity index (χ0) is 9.78. The number of nitrogens with one attached hydrogen (secondary N) is 1. The monoisotopic (exact) mass is 174 g/mol. The maximum absolute atomic E-state index is 10.8. The first kappa shape index (κ1) is 11.4. The van der Waals surface area contributed by atoms with Crippen molar-refractivity contribution in [2.75, 3.05) is 6.54 Å². The summed E-state index contributed by atoms with van der Waals surface area (Å²) in [6.45, 7) is 5.74. The van der Waals surface area contributed by atoms with Crippen LogP contribution in [0.3, 0.4) is 0 Å². The van der Waals surface area contributed by atoms with E-state index in [0.29, 0.717) is 13.0 Å². The fourth-order valence-corrected chi connectivity index (χ4v) is 0.681. The van der Waals surface area contributed by atoms with Crippen LogP contribution in [0.2, 0.25) is 0 Å². The Morgan fingerprint density at radius 1 is 1.67 bits per heavy atom. The lowest BCUT2D eigenvalue weighted by atomic mass is 10.1. The molecule has 1 atom stereocenters. The first-order chi connectivity index (χ1) is 5.36. The molecule has 0 fully saturated rings. The molecule has 0 aromatic heterocycles. The first-order valence-corrected chi connectivity index (χ1v) is 4.09. The zero-order valence-electron chi connectivity index (χ0n) is 7.92. The minimum Gasteiger partial charge on any atom is -0.393 e. The van der Waals surface area contributed by atoms with Crippen LogP contribution in [0.15, 0.2) is 0 Å². The van der Waals surface area contributed by atoms with E-state index in [1.165, 1.54) is 0 Å². The third-order valence-electron chi connectivity index (χ3n) is 1.75. The summed E-state index contributed by atoms with van der Waals surface area (Å²) in [5.74, 6) is -0.381. The third kappa shape index (κ3) is 4.31. The van der Waals surface area contributed by atoms with E-state index in [-0.39, 0.29) is 12.0 Å². The summed E-state index contributed by atoms with van der Waals surface area (Å²) in [5, 5.41) is 11.9. The lowest BCUT2D eigenvalue weighted by Crippen LogP contribution is -2.51. The minimum absolute atomic E-state index is 0.346. The SMILES string of the molecule is CC(O)CCNC(C)(C)C(N)=O. The summed E-state index contributed by atoms with van der Waals surface area (Å²) in [6, 6.07) is 0. The number of aliphatic hydroxyl groups excluding tert-OH is 1. The molecule has 1 unspecified atom stereocenters. The molecule has 0 heterocycles. The third-order valence-corrected chi connectivity index (χ3v) is 1.75. The van der Waals surface area contributed by atoms with Crippen molar-refractivity contribution in [3.8, 4) is 0 Å². The molecule has 4 heteroatoms. The maximum Gasteiger partial charge on any atom is 0.237 e. The van der Waals surface area contributed by atoms with E-state index in [4.69, 9.17) is 10.8 Å². The minimum atomic E-state index is -0.686. The molecule has 4 N–H and O–H groups in total. The number of amides is 1. The van der Waals surface area contributed by atoms with Crippen molar-refractivity contribution in [3.05, 3.63) is 0 Å². The van der Waals surface area contributed by atoms with Gasteiger partial charge in [-0.2, -0.15) is 0 Å². The number of carbonyl (C=O) groups is 1. The summed E-state index contributed by atoms with van der Waals surface area (Å²) in [6.07, 6.45) is 0.276. The Bertz CT molecular complexity index is 155. The van der Waals surface area contributed by atoms with Crippen molar-refractivity contribution < 1.29 is 9.90 Å². The van der Waals surface area contributed by atoms with Crippen molar-refractivity contribution >= 4 is 5.91 Å². The standard InChI is InChI=1S/C8H18N2O2/c1-6(11)4-5-10-8(2,3)7(9)12/h6,10-11H,4-5H2,1-3H3,(H2,9,12). The van der Waals surface area contributed by atoms with Crippen LogP contribution in [-0.4, -0.2) is 29.2 Å². The van der Waals surface area contributed by atoms with E-state index in [1.807, 2.05) is 0 Å². The van der Waals surface area contributed by atoms with E-state index in [1.54, 1.807) is 20.8 Å². The molecular formula is C8H18N2O2. The Labute approximate surface area is 73.1 Å². The van der Waals surface area contributed by atoms with Gasteiger partial charge in [0.2, 0.25) is 5.91 Å². The van der Waals surface area contributed by atoms with Crippen LogP contribution in [0.5, 0.6) is 0 Å². The molecule has 0 aromatic carbocycles. The number of hydrogen-bond donors (Lipinski definition) is 3. The van der Waals surface area contributed by atoms with Crippen molar-refractivity contribution in [3.63, 3.8) is 0 Å². The van der Waals surface area contributed by atoms with Crippen LogP contribution in [0.1, 0.15) is 27.2 Å². The van der Waals surface area contributed by atoms with Gasteiger partial charge < -0.3 is 16.2 Å². The summed E-state index contributed by atoms with van der Waals surface area (Å²) in [4.78, 5) is 10.8. The zero-order valence-corrected chi connectivity index (χ0v) is 7.92. The van der Waals surface area contributed by atoms with Gasteiger partial charge >= 0.3 is 0 Å². The van der Waals surface area contributed by atoms with E-state index in [9.17, 15) is 4.79 Å². The number of nitrogens with two attached hydrogens (primary N) is 1. The molecule has 72 valence electrons. The van der Waals surface area contributed by atoms with Gasteiger partial charge in [0.1, 0.15) is 0 Å². The Morgan fingerprint density at radius 3 is 2.50 bits per heavy atom. The average Bonchev–Trinajstić information content (AvgIpc) is 1.85. The van der Waals surface area contributed by atoms with Crippen LogP contribution in [0.25, 0.3) is 0 Å². The number of rotatable bonds is 5. The smallest absolute Gasteiger partial charge is 0.237 e. The van der Waals surface area contributed by atoms with Gasteiger partial charge in [0.15, 0.2) is 0 Å². The number of hydrogen-bond acceptors (Lipinski definition) is 3. The number of primary amides is 1. The van der Waals surface area contributed by atoms with E-state index in [0.717, 1.165) is 0 Å². The van der Waals surface area contributed by atoms with E-state index >= 15 is 0 Å².